The molecule has 0 saturated heterocycles. The van der Waals surface area contributed by atoms with Crippen molar-refractivity contribution in [3.05, 3.63) is 58.5 Å². The van der Waals surface area contributed by atoms with E-state index >= 15 is 0 Å². The van der Waals surface area contributed by atoms with Crippen molar-refractivity contribution in [2.75, 3.05) is 6.54 Å². The maximum absolute atomic E-state index is 12.0. The van der Waals surface area contributed by atoms with Crippen LogP contribution in [0.3, 0.4) is 0 Å². The molecular weight excluding hydrogens is 306 g/mol. The molecule has 0 fully saturated rings. The Balaban J connectivity index is 2.06. The Labute approximate surface area is 132 Å². The number of nitrogens with one attached hydrogen (secondary N) is 1. The Morgan fingerprint density at radius 1 is 1.18 bits per heavy atom. The molecule has 1 aromatic heterocycles. The van der Waals surface area contributed by atoms with Crippen molar-refractivity contribution in [3.63, 3.8) is 0 Å². The zero-order valence-corrected chi connectivity index (χ0v) is 13.0. The average molecular weight is 322 g/mol. The van der Waals surface area contributed by atoms with Gasteiger partial charge in [-0.15, -0.1) is 0 Å². The van der Waals surface area contributed by atoms with E-state index in [-0.39, 0.29) is 16.9 Å². The zero-order valence-electron chi connectivity index (χ0n) is 12.2. The topological polar surface area (TPSA) is 79.5 Å². The molecule has 0 aliphatic heterocycles. The third-order valence-corrected chi connectivity index (χ3v) is 3.66. The minimum Gasteiger partial charge on any atom is -0.475 e. The Hall–Kier alpha value is -2.27. The van der Waals surface area contributed by atoms with E-state index in [1.807, 2.05) is 32.0 Å². The second-order valence-corrected chi connectivity index (χ2v) is 5.92. The number of carboxylic acid groups (broad SMARTS) is 1. The van der Waals surface area contributed by atoms with Crippen molar-refractivity contribution in [3.8, 4) is 0 Å². The molecule has 0 saturated carbocycles. The zero-order chi connectivity index (χ0) is 16.3. The maximum atomic E-state index is 12.0. The second kappa shape index (κ2) is 6.23. The normalized spacial score (nSPS) is 11.2. The summed E-state index contributed by atoms with van der Waals surface area (Å²) in [7, 11) is 0. The Kier molecular flexibility index (Phi) is 4.56. The first-order valence-corrected chi connectivity index (χ1v) is 7.05. The lowest BCUT2D eigenvalue weighted by atomic mass is 9.84. The molecule has 6 heteroatoms. The molecular formula is C16H16ClNO4. The van der Waals surface area contributed by atoms with Gasteiger partial charge >= 0.3 is 5.97 Å². The highest BCUT2D eigenvalue weighted by molar-refractivity contribution is 6.31. The van der Waals surface area contributed by atoms with E-state index in [9.17, 15) is 9.59 Å². The lowest BCUT2D eigenvalue weighted by Gasteiger charge is -2.26. The smallest absolute Gasteiger partial charge is 0.371 e. The number of hydrogen-bond donors (Lipinski definition) is 2. The molecule has 22 heavy (non-hydrogen) atoms. The van der Waals surface area contributed by atoms with Crippen molar-refractivity contribution in [1.82, 2.24) is 5.32 Å². The van der Waals surface area contributed by atoms with Gasteiger partial charge in [-0.2, -0.15) is 0 Å². The number of carbonyl (C=O) groups is 2. The third-order valence-electron chi connectivity index (χ3n) is 3.33. The summed E-state index contributed by atoms with van der Waals surface area (Å²) < 4.78 is 4.96. The number of furan rings is 1. The summed E-state index contributed by atoms with van der Waals surface area (Å²) in [5.74, 6) is -1.98. The number of amides is 1. The van der Waals surface area contributed by atoms with Crippen LogP contribution in [0.5, 0.6) is 0 Å². The van der Waals surface area contributed by atoms with Crippen LogP contribution in [-0.4, -0.2) is 23.5 Å². The van der Waals surface area contributed by atoms with Gasteiger partial charge in [0.15, 0.2) is 5.76 Å². The number of carbonyl (C=O) groups excluding carboxylic acids is 1. The highest BCUT2D eigenvalue weighted by Gasteiger charge is 2.25. The fourth-order valence-electron chi connectivity index (χ4n) is 2.07. The van der Waals surface area contributed by atoms with Gasteiger partial charge in [0.25, 0.3) is 5.91 Å². The minimum absolute atomic E-state index is 0.0349. The van der Waals surface area contributed by atoms with E-state index in [1.54, 1.807) is 6.07 Å². The van der Waals surface area contributed by atoms with Crippen LogP contribution in [0.15, 0.2) is 40.8 Å². The molecule has 2 rings (SSSR count). The highest BCUT2D eigenvalue weighted by Crippen LogP contribution is 2.29. The van der Waals surface area contributed by atoms with Crippen molar-refractivity contribution < 1.29 is 19.1 Å². The van der Waals surface area contributed by atoms with Crippen LogP contribution in [-0.2, 0) is 5.41 Å². The van der Waals surface area contributed by atoms with E-state index in [2.05, 4.69) is 5.32 Å². The number of rotatable bonds is 5. The van der Waals surface area contributed by atoms with Crippen molar-refractivity contribution in [1.29, 1.82) is 0 Å². The molecule has 0 atom stereocenters. The lowest BCUT2D eigenvalue weighted by molar-refractivity contribution is 0.0659. The molecule has 1 heterocycles. The number of halogens is 1. The molecule has 5 nitrogen and oxygen atoms in total. The predicted molar refractivity (Wildman–Crippen MR) is 82.5 cm³/mol. The largest absolute Gasteiger partial charge is 0.475 e. The van der Waals surface area contributed by atoms with E-state index in [4.69, 9.17) is 21.1 Å². The highest BCUT2D eigenvalue weighted by atomic mass is 35.5. The number of aromatic carboxylic acids is 1. The number of hydrogen-bond acceptors (Lipinski definition) is 3. The van der Waals surface area contributed by atoms with Gasteiger partial charge in [-0.1, -0.05) is 43.6 Å². The van der Waals surface area contributed by atoms with E-state index in [0.717, 1.165) is 5.56 Å². The Morgan fingerprint density at radius 2 is 1.82 bits per heavy atom. The SMILES string of the molecule is CC(C)(CNC(=O)c1ccc(C(=O)O)o1)c1ccccc1Cl. The molecule has 0 radical (unpaired) electrons. The summed E-state index contributed by atoms with van der Waals surface area (Å²) in [4.78, 5) is 22.7. The molecule has 0 spiro atoms. The summed E-state index contributed by atoms with van der Waals surface area (Å²) in [6.07, 6.45) is 0. The monoisotopic (exact) mass is 321 g/mol. The standard InChI is InChI=1S/C16H16ClNO4/c1-16(2,10-5-3-4-6-11(10)17)9-18-14(19)12-7-8-13(22-12)15(20)21/h3-8H,9H2,1-2H3,(H,18,19)(H,20,21). The van der Waals surface area contributed by atoms with Crippen LogP contribution in [0.1, 0.15) is 40.5 Å². The van der Waals surface area contributed by atoms with Gasteiger partial charge in [-0.05, 0) is 23.8 Å². The van der Waals surface area contributed by atoms with Crippen LogP contribution in [0.2, 0.25) is 5.02 Å². The maximum Gasteiger partial charge on any atom is 0.371 e. The molecule has 1 aromatic carbocycles. The van der Waals surface area contributed by atoms with E-state index in [0.29, 0.717) is 11.6 Å². The Morgan fingerprint density at radius 3 is 2.41 bits per heavy atom. The van der Waals surface area contributed by atoms with E-state index < -0.39 is 11.9 Å². The summed E-state index contributed by atoms with van der Waals surface area (Å²) in [5, 5.41) is 12.1. The van der Waals surface area contributed by atoms with Gasteiger partial charge < -0.3 is 14.8 Å². The molecule has 0 aliphatic carbocycles. The lowest BCUT2D eigenvalue weighted by Crippen LogP contribution is -2.36. The molecule has 2 aromatic rings. The fraction of sp³-hybridized carbons (Fsp3) is 0.250. The second-order valence-electron chi connectivity index (χ2n) is 5.52. The van der Waals surface area contributed by atoms with Gasteiger partial charge in [0.1, 0.15) is 0 Å². The van der Waals surface area contributed by atoms with Gasteiger partial charge in [-0.3, -0.25) is 4.79 Å². The van der Waals surface area contributed by atoms with Crippen LogP contribution in [0, 0.1) is 0 Å². The molecule has 116 valence electrons. The molecule has 2 N–H and O–H groups in total. The van der Waals surface area contributed by atoms with Gasteiger partial charge in [0.05, 0.1) is 0 Å². The summed E-state index contributed by atoms with van der Waals surface area (Å²) >= 11 is 6.18. The van der Waals surface area contributed by atoms with Crippen LogP contribution in [0.25, 0.3) is 0 Å². The predicted octanol–water partition coefficient (Wildman–Crippen LogP) is 3.34. The van der Waals surface area contributed by atoms with Crippen LogP contribution >= 0.6 is 11.6 Å². The van der Waals surface area contributed by atoms with Gasteiger partial charge in [0, 0.05) is 17.0 Å². The fourth-order valence-corrected chi connectivity index (χ4v) is 2.46. The van der Waals surface area contributed by atoms with E-state index in [1.165, 1.54) is 12.1 Å². The molecule has 0 unspecified atom stereocenters. The summed E-state index contributed by atoms with van der Waals surface area (Å²) in [6.45, 7) is 4.25. The minimum atomic E-state index is -1.21. The first-order chi connectivity index (χ1) is 10.3. The molecule has 0 aliphatic rings. The first-order valence-electron chi connectivity index (χ1n) is 6.67. The average Bonchev–Trinajstić information content (AvgIpc) is 2.95. The molecule has 1 amide bonds. The van der Waals surface area contributed by atoms with Crippen molar-refractivity contribution >= 4 is 23.5 Å². The van der Waals surface area contributed by atoms with Gasteiger partial charge in [-0.25, -0.2) is 4.79 Å². The van der Waals surface area contributed by atoms with Crippen molar-refractivity contribution in [2.24, 2.45) is 0 Å². The van der Waals surface area contributed by atoms with Gasteiger partial charge in [0.2, 0.25) is 5.76 Å². The quantitative estimate of drug-likeness (QED) is 0.885. The summed E-state index contributed by atoms with van der Waals surface area (Å²) in [5.41, 5.74) is 0.540. The third kappa shape index (κ3) is 3.49. The van der Waals surface area contributed by atoms with Crippen molar-refractivity contribution in [2.45, 2.75) is 19.3 Å². The first kappa shape index (κ1) is 16.1. The van der Waals surface area contributed by atoms with Crippen LogP contribution < -0.4 is 5.32 Å². The van der Waals surface area contributed by atoms with Crippen LogP contribution in [0.4, 0.5) is 0 Å². The Bertz CT molecular complexity index is 706. The summed E-state index contributed by atoms with van der Waals surface area (Å²) in [6, 6.07) is 10.0. The number of carboxylic acids is 1. The number of benzene rings is 1. The molecule has 0 bridgehead atoms.